The van der Waals surface area contributed by atoms with Crippen LogP contribution in [0.4, 0.5) is 18.9 Å². The van der Waals surface area contributed by atoms with Crippen molar-refractivity contribution < 1.29 is 18.0 Å². The molecule has 2 N–H and O–H groups in total. The summed E-state index contributed by atoms with van der Waals surface area (Å²) in [5, 5.41) is 2.77. The zero-order valence-corrected chi connectivity index (χ0v) is 23.5. The van der Waals surface area contributed by atoms with Crippen LogP contribution in [0, 0.1) is 0 Å². The van der Waals surface area contributed by atoms with E-state index < -0.39 is 17.6 Å². The molecule has 0 aliphatic carbocycles. The molecule has 1 amide bonds. The van der Waals surface area contributed by atoms with Gasteiger partial charge in [0, 0.05) is 41.8 Å². The summed E-state index contributed by atoms with van der Waals surface area (Å²) in [4.78, 5) is 32.2. The molecule has 1 atom stereocenters. The molecule has 1 unspecified atom stereocenters. The number of carbonyl (C=O) groups excluding carboxylic acids is 1. The van der Waals surface area contributed by atoms with Crippen LogP contribution in [0.5, 0.6) is 0 Å². The van der Waals surface area contributed by atoms with Crippen LogP contribution in [0.25, 0.3) is 22.3 Å². The van der Waals surface area contributed by atoms with Crippen LogP contribution >= 0.6 is 0 Å². The van der Waals surface area contributed by atoms with Crippen molar-refractivity contribution in [3.63, 3.8) is 0 Å². The quantitative estimate of drug-likeness (QED) is 0.200. The Labute approximate surface area is 241 Å². The van der Waals surface area contributed by atoms with E-state index >= 15 is 0 Å². The number of hydrogen-bond donors (Lipinski definition) is 2. The van der Waals surface area contributed by atoms with Gasteiger partial charge in [-0.05, 0) is 92.6 Å². The summed E-state index contributed by atoms with van der Waals surface area (Å²) < 4.78 is 39.6. The van der Waals surface area contributed by atoms with Crippen LogP contribution in [0.2, 0.25) is 0 Å². The van der Waals surface area contributed by atoms with E-state index in [0.29, 0.717) is 17.9 Å². The van der Waals surface area contributed by atoms with Gasteiger partial charge in [-0.3, -0.25) is 9.78 Å². The summed E-state index contributed by atoms with van der Waals surface area (Å²) in [6, 6.07) is 15.7. The smallest absolute Gasteiger partial charge is 0.358 e. The third-order valence-electron chi connectivity index (χ3n) is 7.13. The number of halogens is 3. The van der Waals surface area contributed by atoms with Gasteiger partial charge in [-0.25, -0.2) is 9.97 Å². The molecule has 3 aromatic heterocycles. The van der Waals surface area contributed by atoms with E-state index in [-0.39, 0.29) is 11.5 Å². The van der Waals surface area contributed by atoms with Crippen molar-refractivity contribution in [2.45, 2.75) is 31.9 Å². The molecule has 7 nitrogen and oxygen atoms in total. The molecule has 0 saturated heterocycles. The molecule has 10 heteroatoms. The standard InChI is InChI=1S/C32H31F3N6O/c1-20(12-15-41(2)3)26-10-9-25(38-31(42)21-6-4-8-24(16-21)32(33,34)35)17-23(26)18-28-39-27-11-14-37-30(27)29(40-28)22-7-5-13-36-19-22/h4-11,13-14,16-17,19-20,37H,12,15,18H2,1-3H3,(H,38,42). The lowest BCUT2D eigenvalue weighted by Crippen LogP contribution is -2.16. The minimum absolute atomic E-state index is 0.0721. The van der Waals surface area contributed by atoms with Crippen LogP contribution in [-0.2, 0) is 12.6 Å². The third-order valence-corrected chi connectivity index (χ3v) is 7.13. The fourth-order valence-corrected chi connectivity index (χ4v) is 4.92. The van der Waals surface area contributed by atoms with Crippen molar-refractivity contribution in [2.75, 3.05) is 26.0 Å². The average Bonchev–Trinajstić information content (AvgIpc) is 3.44. The number of rotatable bonds is 9. The first-order chi connectivity index (χ1) is 20.1. The van der Waals surface area contributed by atoms with Crippen molar-refractivity contribution >= 4 is 22.6 Å². The van der Waals surface area contributed by atoms with Crippen molar-refractivity contribution in [3.05, 3.63) is 107 Å². The van der Waals surface area contributed by atoms with Gasteiger partial charge in [-0.2, -0.15) is 13.2 Å². The zero-order valence-electron chi connectivity index (χ0n) is 23.5. The molecule has 2 aromatic carbocycles. The lowest BCUT2D eigenvalue weighted by Gasteiger charge is -2.20. The molecule has 5 aromatic rings. The SMILES string of the molecule is CC(CCN(C)C)c1ccc(NC(=O)c2cccc(C(F)(F)F)c2)cc1Cc1nc(-c2cccnc2)c2[nH]ccc2n1. The summed E-state index contributed by atoms with van der Waals surface area (Å²) in [7, 11) is 4.06. The summed E-state index contributed by atoms with van der Waals surface area (Å²) in [5.74, 6) is 0.178. The fourth-order valence-electron chi connectivity index (χ4n) is 4.92. The Morgan fingerprint density at radius 2 is 1.88 bits per heavy atom. The highest BCUT2D eigenvalue weighted by Crippen LogP contribution is 2.31. The molecule has 0 spiro atoms. The van der Waals surface area contributed by atoms with E-state index in [1.807, 2.05) is 50.6 Å². The van der Waals surface area contributed by atoms with Crippen LogP contribution in [-0.4, -0.2) is 51.4 Å². The van der Waals surface area contributed by atoms with Crippen molar-refractivity contribution in [1.29, 1.82) is 0 Å². The molecular weight excluding hydrogens is 541 g/mol. The number of amides is 1. The molecule has 0 bridgehead atoms. The summed E-state index contributed by atoms with van der Waals surface area (Å²) in [6.07, 6.45) is 2.05. The van der Waals surface area contributed by atoms with E-state index in [9.17, 15) is 18.0 Å². The number of pyridine rings is 1. The maximum absolute atomic E-state index is 13.2. The highest BCUT2D eigenvalue weighted by Gasteiger charge is 2.31. The lowest BCUT2D eigenvalue weighted by atomic mass is 9.90. The number of benzene rings is 2. The van der Waals surface area contributed by atoms with Gasteiger partial charge < -0.3 is 15.2 Å². The summed E-state index contributed by atoms with van der Waals surface area (Å²) in [6.45, 7) is 3.05. The van der Waals surface area contributed by atoms with Gasteiger partial charge in [0.2, 0.25) is 0 Å². The number of hydrogen-bond acceptors (Lipinski definition) is 5. The maximum Gasteiger partial charge on any atom is 0.416 e. The third kappa shape index (κ3) is 6.66. The fraction of sp³-hybridized carbons (Fsp3) is 0.250. The van der Waals surface area contributed by atoms with Gasteiger partial charge in [-0.1, -0.05) is 19.1 Å². The second kappa shape index (κ2) is 12.1. The van der Waals surface area contributed by atoms with Gasteiger partial charge in [-0.15, -0.1) is 0 Å². The van der Waals surface area contributed by atoms with Crippen LogP contribution < -0.4 is 5.32 Å². The van der Waals surface area contributed by atoms with Crippen LogP contribution in [0.3, 0.4) is 0 Å². The molecule has 42 heavy (non-hydrogen) atoms. The Bertz CT molecular complexity index is 1700. The van der Waals surface area contributed by atoms with E-state index in [2.05, 4.69) is 27.1 Å². The lowest BCUT2D eigenvalue weighted by molar-refractivity contribution is -0.137. The first-order valence-electron chi connectivity index (χ1n) is 13.6. The van der Waals surface area contributed by atoms with E-state index in [0.717, 1.165) is 58.5 Å². The number of H-pyrrole nitrogens is 1. The topological polar surface area (TPSA) is 86.8 Å². The number of aromatic amines is 1. The normalized spacial score (nSPS) is 12.5. The number of alkyl halides is 3. The highest BCUT2D eigenvalue weighted by molar-refractivity contribution is 6.04. The number of fused-ring (bicyclic) bond motifs is 1. The molecule has 5 rings (SSSR count). The molecule has 0 fully saturated rings. The number of aromatic nitrogens is 4. The molecule has 0 aliphatic heterocycles. The largest absolute Gasteiger partial charge is 0.416 e. The predicted octanol–water partition coefficient (Wildman–Crippen LogP) is 6.94. The van der Waals surface area contributed by atoms with E-state index in [1.54, 1.807) is 18.5 Å². The van der Waals surface area contributed by atoms with Gasteiger partial charge in [0.05, 0.1) is 22.3 Å². The molecule has 3 heterocycles. The van der Waals surface area contributed by atoms with E-state index in [4.69, 9.17) is 9.97 Å². The second-order valence-electron chi connectivity index (χ2n) is 10.6. The Morgan fingerprint density at radius 3 is 2.62 bits per heavy atom. The predicted molar refractivity (Wildman–Crippen MR) is 157 cm³/mol. The molecule has 0 saturated carbocycles. The Hall–Kier alpha value is -4.57. The highest BCUT2D eigenvalue weighted by atomic mass is 19.4. The average molecular weight is 573 g/mol. The van der Waals surface area contributed by atoms with Gasteiger partial charge in [0.25, 0.3) is 5.91 Å². The Balaban J connectivity index is 1.50. The molecule has 0 aliphatic rings. The molecule has 0 radical (unpaired) electrons. The van der Waals surface area contributed by atoms with E-state index in [1.165, 1.54) is 12.1 Å². The molecular formula is C32H31F3N6O. The number of anilines is 1. The minimum Gasteiger partial charge on any atom is -0.358 e. The van der Waals surface area contributed by atoms with Gasteiger partial charge in [0.1, 0.15) is 5.82 Å². The van der Waals surface area contributed by atoms with Gasteiger partial charge in [0.15, 0.2) is 0 Å². The monoisotopic (exact) mass is 572 g/mol. The summed E-state index contributed by atoms with van der Waals surface area (Å²) >= 11 is 0. The van der Waals surface area contributed by atoms with Crippen LogP contribution in [0.1, 0.15) is 52.1 Å². The Kier molecular flexibility index (Phi) is 8.35. The first kappa shape index (κ1) is 28.9. The van der Waals surface area contributed by atoms with Gasteiger partial charge >= 0.3 is 6.18 Å². The Morgan fingerprint density at radius 1 is 1.05 bits per heavy atom. The number of nitrogens with zero attached hydrogens (tertiary/aromatic N) is 4. The maximum atomic E-state index is 13.2. The molecule has 216 valence electrons. The number of nitrogens with one attached hydrogen (secondary N) is 2. The van der Waals surface area contributed by atoms with Crippen molar-refractivity contribution in [2.24, 2.45) is 0 Å². The summed E-state index contributed by atoms with van der Waals surface area (Å²) in [5.41, 5.74) is 4.73. The van der Waals surface area contributed by atoms with Crippen molar-refractivity contribution in [1.82, 2.24) is 24.8 Å². The minimum atomic E-state index is -4.54. The van der Waals surface area contributed by atoms with Crippen molar-refractivity contribution in [3.8, 4) is 11.3 Å². The number of carbonyl (C=O) groups is 1. The zero-order chi connectivity index (χ0) is 29.9. The van der Waals surface area contributed by atoms with Crippen LogP contribution in [0.15, 0.2) is 79.3 Å². The first-order valence-corrected chi connectivity index (χ1v) is 13.6. The second-order valence-corrected chi connectivity index (χ2v) is 10.6.